The number of nitrogens with zero attached hydrogens (tertiary/aromatic N) is 2. The maximum Gasteiger partial charge on any atom is 0.309 e. The quantitative estimate of drug-likeness (QED) is 0.607. The normalized spacial score (nSPS) is 29.9. The number of amides is 2. The second-order valence-corrected chi connectivity index (χ2v) is 9.37. The molecule has 2 amide bonds. The molecule has 0 spiro atoms. The van der Waals surface area contributed by atoms with Crippen molar-refractivity contribution in [2.45, 2.75) is 75.7 Å². The van der Waals surface area contributed by atoms with Crippen LogP contribution in [0.2, 0.25) is 0 Å². The average molecular weight is 423 g/mol. The Morgan fingerprint density at radius 3 is 1.40 bits per heavy atom. The van der Waals surface area contributed by atoms with Crippen molar-refractivity contribution < 1.29 is 19.1 Å². The number of likely N-dealkylation sites (tertiary alicyclic amines) is 2. The first-order valence-corrected chi connectivity index (χ1v) is 11.9. The number of nitrogens with one attached hydrogen (secondary N) is 2. The van der Waals surface area contributed by atoms with Gasteiger partial charge < -0.3 is 29.9 Å². The molecule has 0 bridgehead atoms. The zero-order valence-corrected chi connectivity index (χ0v) is 18.2. The Bertz CT molecular complexity index is 511. The number of rotatable bonds is 6. The van der Waals surface area contributed by atoms with E-state index in [0.29, 0.717) is 12.2 Å². The first-order valence-electron chi connectivity index (χ1n) is 11.9. The molecule has 4 fully saturated rings. The molecule has 170 valence electrons. The van der Waals surface area contributed by atoms with E-state index in [1.165, 1.54) is 12.8 Å². The highest BCUT2D eigenvalue weighted by molar-refractivity contribution is 6.35. The van der Waals surface area contributed by atoms with Crippen molar-refractivity contribution in [3.8, 4) is 0 Å². The Morgan fingerprint density at radius 2 is 1.07 bits per heavy atom. The number of carbonyl (C=O) groups is 2. The molecule has 0 aromatic rings. The lowest BCUT2D eigenvalue weighted by atomic mass is 10.0. The number of ether oxygens (including phenoxy) is 2. The van der Waals surface area contributed by atoms with Crippen LogP contribution < -0.4 is 10.6 Å². The average Bonchev–Trinajstić information content (AvgIpc) is 3.45. The van der Waals surface area contributed by atoms with Crippen molar-refractivity contribution in [1.29, 1.82) is 0 Å². The third-order valence-electron chi connectivity index (χ3n) is 7.02. The van der Waals surface area contributed by atoms with E-state index in [1.807, 2.05) is 0 Å². The molecule has 8 heteroatoms. The van der Waals surface area contributed by atoms with Gasteiger partial charge in [0.15, 0.2) is 0 Å². The fourth-order valence-corrected chi connectivity index (χ4v) is 5.17. The largest absolute Gasteiger partial charge is 0.377 e. The second-order valence-electron chi connectivity index (χ2n) is 9.37. The Morgan fingerprint density at radius 1 is 0.667 bits per heavy atom. The van der Waals surface area contributed by atoms with Crippen LogP contribution in [0.25, 0.3) is 0 Å². The number of hydrogen-bond acceptors (Lipinski definition) is 6. The highest BCUT2D eigenvalue weighted by Gasteiger charge is 2.28. The summed E-state index contributed by atoms with van der Waals surface area (Å²) in [5.41, 5.74) is 0. The first kappa shape index (κ1) is 22.0. The predicted octanol–water partition coefficient (Wildman–Crippen LogP) is 0.506. The van der Waals surface area contributed by atoms with Gasteiger partial charge in [-0.3, -0.25) is 9.59 Å². The van der Waals surface area contributed by atoms with Crippen molar-refractivity contribution in [1.82, 2.24) is 20.4 Å². The highest BCUT2D eigenvalue weighted by Crippen LogP contribution is 2.18. The summed E-state index contributed by atoms with van der Waals surface area (Å²) in [6, 6.07) is 0.189. The van der Waals surface area contributed by atoms with E-state index in [0.717, 1.165) is 91.0 Å². The van der Waals surface area contributed by atoms with Crippen LogP contribution in [0.15, 0.2) is 0 Å². The van der Waals surface area contributed by atoms with Crippen LogP contribution in [0.1, 0.15) is 51.4 Å². The van der Waals surface area contributed by atoms with Gasteiger partial charge in [-0.1, -0.05) is 0 Å². The molecule has 4 aliphatic rings. The van der Waals surface area contributed by atoms with Crippen LogP contribution in [-0.2, 0) is 19.1 Å². The number of carbonyl (C=O) groups excluding carboxylic acids is 2. The maximum absolute atomic E-state index is 12.4. The van der Waals surface area contributed by atoms with Gasteiger partial charge in [0.2, 0.25) is 0 Å². The van der Waals surface area contributed by atoms with E-state index in [-0.39, 0.29) is 12.1 Å². The van der Waals surface area contributed by atoms with Crippen molar-refractivity contribution in [3.63, 3.8) is 0 Å². The van der Waals surface area contributed by atoms with E-state index in [9.17, 15) is 9.59 Å². The summed E-state index contributed by atoms with van der Waals surface area (Å²) in [5, 5.41) is 5.89. The smallest absolute Gasteiger partial charge is 0.309 e. The molecule has 4 heterocycles. The molecule has 0 aliphatic carbocycles. The van der Waals surface area contributed by atoms with Gasteiger partial charge in [-0.25, -0.2) is 0 Å². The molecule has 4 saturated heterocycles. The number of hydrogen-bond donors (Lipinski definition) is 2. The molecule has 0 radical (unpaired) electrons. The molecule has 0 aromatic carbocycles. The van der Waals surface area contributed by atoms with Gasteiger partial charge >= 0.3 is 11.8 Å². The zero-order valence-electron chi connectivity index (χ0n) is 18.2. The van der Waals surface area contributed by atoms with Gasteiger partial charge in [0, 0.05) is 64.6 Å². The van der Waals surface area contributed by atoms with Crippen LogP contribution in [0, 0.1) is 0 Å². The first-order chi connectivity index (χ1) is 14.7. The van der Waals surface area contributed by atoms with E-state index < -0.39 is 11.8 Å². The van der Waals surface area contributed by atoms with Crippen LogP contribution in [0.3, 0.4) is 0 Å². The van der Waals surface area contributed by atoms with Gasteiger partial charge in [0.1, 0.15) is 0 Å². The second kappa shape index (κ2) is 10.9. The Labute approximate surface area is 180 Å². The van der Waals surface area contributed by atoms with E-state index in [1.54, 1.807) is 0 Å². The van der Waals surface area contributed by atoms with E-state index in [2.05, 4.69) is 20.4 Å². The molecule has 8 nitrogen and oxygen atoms in total. The van der Waals surface area contributed by atoms with E-state index in [4.69, 9.17) is 9.47 Å². The minimum Gasteiger partial charge on any atom is -0.377 e. The van der Waals surface area contributed by atoms with E-state index >= 15 is 0 Å². The van der Waals surface area contributed by atoms with Crippen molar-refractivity contribution in [2.75, 3.05) is 52.5 Å². The van der Waals surface area contributed by atoms with Gasteiger partial charge in [0.25, 0.3) is 0 Å². The Hall–Kier alpha value is -1.22. The van der Waals surface area contributed by atoms with Crippen LogP contribution in [-0.4, -0.2) is 98.4 Å². The Balaban J connectivity index is 1.10. The lowest BCUT2D eigenvalue weighted by molar-refractivity contribution is -0.140. The molecular weight excluding hydrogens is 384 g/mol. The summed E-state index contributed by atoms with van der Waals surface area (Å²) in [5.74, 6) is -0.955. The van der Waals surface area contributed by atoms with Crippen molar-refractivity contribution >= 4 is 11.8 Å². The van der Waals surface area contributed by atoms with Crippen LogP contribution in [0.4, 0.5) is 0 Å². The molecule has 2 unspecified atom stereocenters. The molecule has 2 atom stereocenters. The molecule has 30 heavy (non-hydrogen) atoms. The van der Waals surface area contributed by atoms with Crippen LogP contribution in [0.5, 0.6) is 0 Å². The summed E-state index contributed by atoms with van der Waals surface area (Å²) < 4.78 is 11.4. The lowest BCUT2D eigenvalue weighted by Gasteiger charge is -2.34. The van der Waals surface area contributed by atoms with Gasteiger partial charge in [-0.2, -0.15) is 0 Å². The van der Waals surface area contributed by atoms with Gasteiger partial charge in [-0.15, -0.1) is 0 Å². The zero-order chi connectivity index (χ0) is 20.8. The summed E-state index contributed by atoms with van der Waals surface area (Å²) in [6.45, 7) is 7.58. The molecule has 4 aliphatic heterocycles. The highest BCUT2D eigenvalue weighted by atomic mass is 16.5. The fraction of sp³-hybridized carbons (Fsp3) is 0.909. The summed E-state index contributed by atoms with van der Waals surface area (Å²) in [4.78, 5) is 29.6. The predicted molar refractivity (Wildman–Crippen MR) is 113 cm³/mol. The standard InChI is InChI=1S/C22H38N4O4/c27-21(23-17-5-9-25(10-6-17)15-19-3-1-13-29-19)22(28)24-18-7-11-26(12-8-18)16-20-4-2-14-30-20/h17-20H,1-16H2,(H,23,27)(H,24,28). The topological polar surface area (TPSA) is 83.1 Å². The van der Waals surface area contributed by atoms with Crippen molar-refractivity contribution in [3.05, 3.63) is 0 Å². The third-order valence-corrected chi connectivity index (χ3v) is 7.02. The lowest BCUT2D eigenvalue weighted by Crippen LogP contribution is -2.53. The molecular formula is C22H38N4O4. The van der Waals surface area contributed by atoms with Crippen LogP contribution >= 0.6 is 0 Å². The SMILES string of the molecule is O=C(NC1CCN(CC2CCCO2)CC1)C(=O)NC1CCN(CC2CCCO2)CC1. The number of piperidine rings is 2. The monoisotopic (exact) mass is 422 g/mol. The third kappa shape index (κ3) is 6.39. The molecule has 4 rings (SSSR count). The fourth-order valence-electron chi connectivity index (χ4n) is 5.17. The van der Waals surface area contributed by atoms with Gasteiger partial charge in [-0.05, 0) is 51.4 Å². The molecule has 2 N–H and O–H groups in total. The molecule has 0 saturated carbocycles. The summed E-state index contributed by atoms with van der Waals surface area (Å²) >= 11 is 0. The minimum absolute atomic E-state index is 0.0947. The van der Waals surface area contributed by atoms with Gasteiger partial charge in [0.05, 0.1) is 12.2 Å². The molecule has 0 aromatic heterocycles. The summed E-state index contributed by atoms with van der Waals surface area (Å²) in [6.07, 6.45) is 8.98. The maximum atomic E-state index is 12.4. The van der Waals surface area contributed by atoms with Crippen molar-refractivity contribution in [2.24, 2.45) is 0 Å². The Kier molecular flexibility index (Phi) is 7.98. The summed E-state index contributed by atoms with van der Waals surface area (Å²) in [7, 11) is 0. The minimum atomic E-state index is -0.477.